The number of ether oxygens (including phenoxy) is 1. The Bertz CT molecular complexity index is 817. The zero-order valence-corrected chi connectivity index (χ0v) is 16.2. The van der Waals surface area contributed by atoms with Crippen molar-refractivity contribution >= 4 is 17.8 Å². The summed E-state index contributed by atoms with van der Waals surface area (Å²) in [5.41, 5.74) is 2.53. The Morgan fingerprint density at radius 1 is 1.11 bits per heavy atom. The second kappa shape index (κ2) is 9.16. The van der Waals surface area contributed by atoms with E-state index in [1.165, 1.54) is 11.9 Å². The second-order valence-corrected chi connectivity index (χ2v) is 6.60. The van der Waals surface area contributed by atoms with Crippen molar-refractivity contribution in [3.63, 3.8) is 0 Å². The van der Waals surface area contributed by atoms with Gasteiger partial charge in [0, 0.05) is 38.8 Å². The molecule has 1 fully saturated rings. The number of aromatic nitrogens is 2. The van der Waals surface area contributed by atoms with Gasteiger partial charge in [0.15, 0.2) is 0 Å². The van der Waals surface area contributed by atoms with Gasteiger partial charge >= 0.3 is 6.09 Å². The molecule has 0 unspecified atom stereocenters. The number of benzene rings is 1. The Balaban J connectivity index is 1.57. The van der Waals surface area contributed by atoms with Crippen LogP contribution >= 0.6 is 0 Å². The van der Waals surface area contributed by atoms with Crippen LogP contribution in [0.25, 0.3) is 0 Å². The molecule has 1 N–H and O–H groups in total. The van der Waals surface area contributed by atoms with Crippen LogP contribution in [0.5, 0.6) is 0 Å². The van der Waals surface area contributed by atoms with Gasteiger partial charge in [-0.05, 0) is 19.4 Å². The minimum Gasteiger partial charge on any atom is -0.450 e. The van der Waals surface area contributed by atoms with Crippen molar-refractivity contribution in [1.29, 1.82) is 0 Å². The molecule has 1 aromatic carbocycles. The standard InChI is InChI=1S/C20H25N5O3/c1-3-28-20(27)25-10-8-24(9-11-25)18-12-17(22-14-23-18)19(26)21-13-16-6-4-15(2)5-7-16/h4-7,12,14H,3,8-11,13H2,1-2H3,(H,21,26). The quantitative estimate of drug-likeness (QED) is 0.850. The van der Waals surface area contributed by atoms with Gasteiger partial charge in [-0.2, -0.15) is 0 Å². The molecule has 0 atom stereocenters. The zero-order chi connectivity index (χ0) is 19.9. The molecular formula is C20H25N5O3. The van der Waals surface area contributed by atoms with Gasteiger partial charge in [-0.15, -0.1) is 0 Å². The highest BCUT2D eigenvalue weighted by Gasteiger charge is 2.23. The number of piperazine rings is 1. The number of hydrogen-bond donors (Lipinski definition) is 1. The molecule has 1 aromatic heterocycles. The van der Waals surface area contributed by atoms with E-state index < -0.39 is 0 Å². The number of hydrogen-bond acceptors (Lipinski definition) is 6. The lowest BCUT2D eigenvalue weighted by molar-refractivity contribution is 0.0945. The van der Waals surface area contributed by atoms with Crippen molar-refractivity contribution in [3.8, 4) is 0 Å². The van der Waals surface area contributed by atoms with Crippen molar-refractivity contribution in [2.75, 3.05) is 37.7 Å². The van der Waals surface area contributed by atoms with Gasteiger partial charge in [0.2, 0.25) is 0 Å². The molecule has 2 heterocycles. The molecule has 0 bridgehead atoms. The van der Waals surface area contributed by atoms with E-state index in [0.717, 1.165) is 5.56 Å². The first-order valence-corrected chi connectivity index (χ1v) is 9.39. The molecule has 2 amide bonds. The second-order valence-electron chi connectivity index (χ2n) is 6.60. The molecular weight excluding hydrogens is 358 g/mol. The molecule has 8 nitrogen and oxygen atoms in total. The Labute approximate surface area is 164 Å². The number of amides is 2. The smallest absolute Gasteiger partial charge is 0.409 e. The molecule has 1 saturated heterocycles. The van der Waals surface area contributed by atoms with E-state index in [-0.39, 0.29) is 12.0 Å². The van der Waals surface area contributed by atoms with Crippen molar-refractivity contribution in [2.24, 2.45) is 0 Å². The van der Waals surface area contributed by atoms with E-state index in [4.69, 9.17) is 4.74 Å². The number of carbonyl (C=O) groups is 2. The first kappa shape index (κ1) is 19.6. The molecule has 1 aliphatic rings. The van der Waals surface area contributed by atoms with Crippen molar-refractivity contribution in [3.05, 3.63) is 53.5 Å². The van der Waals surface area contributed by atoms with Crippen LogP contribution in [0.3, 0.4) is 0 Å². The summed E-state index contributed by atoms with van der Waals surface area (Å²) < 4.78 is 5.03. The third-order valence-corrected chi connectivity index (χ3v) is 4.59. The molecule has 0 aliphatic carbocycles. The summed E-state index contributed by atoms with van der Waals surface area (Å²) >= 11 is 0. The summed E-state index contributed by atoms with van der Waals surface area (Å²) in [7, 11) is 0. The lowest BCUT2D eigenvalue weighted by Crippen LogP contribution is -2.49. The topological polar surface area (TPSA) is 87.7 Å². The number of carbonyl (C=O) groups excluding carboxylic acids is 2. The predicted molar refractivity (Wildman–Crippen MR) is 105 cm³/mol. The molecule has 3 rings (SSSR count). The summed E-state index contributed by atoms with van der Waals surface area (Å²) in [6, 6.07) is 9.69. The largest absolute Gasteiger partial charge is 0.450 e. The Kier molecular flexibility index (Phi) is 6.41. The van der Waals surface area contributed by atoms with Crippen LogP contribution < -0.4 is 10.2 Å². The van der Waals surface area contributed by atoms with E-state index in [1.54, 1.807) is 17.9 Å². The highest BCUT2D eigenvalue weighted by Crippen LogP contribution is 2.14. The molecule has 0 saturated carbocycles. The van der Waals surface area contributed by atoms with E-state index in [2.05, 4.69) is 15.3 Å². The summed E-state index contributed by atoms with van der Waals surface area (Å²) in [5, 5.41) is 2.88. The number of nitrogens with zero attached hydrogens (tertiary/aromatic N) is 4. The van der Waals surface area contributed by atoms with Crippen LogP contribution in [0.1, 0.15) is 28.5 Å². The molecule has 0 radical (unpaired) electrons. The highest BCUT2D eigenvalue weighted by atomic mass is 16.6. The van der Waals surface area contributed by atoms with E-state index in [1.807, 2.05) is 36.1 Å². The van der Waals surface area contributed by atoms with Gasteiger partial charge < -0.3 is 19.9 Å². The lowest BCUT2D eigenvalue weighted by Gasteiger charge is -2.34. The van der Waals surface area contributed by atoms with E-state index >= 15 is 0 Å². The van der Waals surface area contributed by atoms with Crippen LogP contribution in [0, 0.1) is 6.92 Å². The van der Waals surface area contributed by atoms with Crippen LogP contribution in [0.15, 0.2) is 36.7 Å². The number of rotatable bonds is 5. The van der Waals surface area contributed by atoms with Crippen LogP contribution in [0.2, 0.25) is 0 Å². The summed E-state index contributed by atoms with van der Waals surface area (Å²) in [6.45, 7) is 6.98. The van der Waals surface area contributed by atoms with Crippen LogP contribution in [0.4, 0.5) is 10.6 Å². The first-order valence-electron chi connectivity index (χ1n) is 9.39. The lowest BCUT2D eigenvalue weighted by atomic mass is 10.1. The van der Waals surface area contributed by atoms with Gasteiger partial charge in [-0.3, -0.25) is 4.79 Å². The Morgan fingerprint density at radius 2 is 1.82 bits per heavy atom. The van der Waals surface area contributed by atoms with Gasteiger partial charge in [0.1, 0.15) is 17.8 Å². The Morgan fingerprint density at radius 3 is 2.50 bits per heavy atom. The number of anilines is 1. The van der Waals surface area contributed by atoms with Crippen molar-refractivity contribution in [2.45, 2.75) is 20.4 Å². The van der Waals surface area contributed by atoms with Gasteiger partial charge in [0.05, 0.1) is 6.61 Å². The molecule has 148 valence electrons. The SMILES string of the molecule is CCOC(=O)N1CCN(c2cc(C(=O)NCc3ccc(C)cc3)ncn2)CC1. The fraction of sp³-hybridized carbons (Fsp3) is 0.400. The summed E-state index contributed by atoms with van der Waals surface area (Å²) in [4.78, 5) is 36.3. The highest BCUT2D eigenvalue weighted by molar-refractivity contribution is 5.92. The maximum Gasteiger partial charge on any atom is 0.409 e. The fourth-order valence-electron chi connectivity index (χ4n) is 2.96. The van der Waals surface area contributed by atoms with Gasteiger partial charge in [-0.1, -0.05) is 29.8 Å². The van der Waals surface area contributed by atoms with Gasteiger partial charge in [0.25, 0.3) is 5.91 Å². The minimum atomic E-state index is -0.291. The maximum atomic E-state index is 12.4. The average Bonchev–Trinajstić information content (AvgIpc) is 2.73. The summed E-state index contributed by atoms with van der Waals surface area (Å²) in [5.74, 6) is 0.438. The third kappa shape index (κ3) is 4.97. The Hall–Kier alpha value is -3.16. The predicted octanol–water partition coefficient (Wildman–Crippen LogP) is 1.99. The van der Waals surface area contributed by atoms with E-state index in [0.29, 0.717) is 50.8 Å². The molecule has 1 aliphatic heterocycles. The summed E-state index contributed by atoms with van der Waals surface area (Å²) in [6.07, 6.45) is 1.11. The van der Waals surface area contributed by atoms with Gasteiger partial charge in [-0.25, -0.2) is 14.8 Å². The van der Waals surface area contributed by atoms with Crippen LogP contribution in [-0.2, 0) is 11.3 Å². The molecule has 0 spiro atoms. The van der Waals surface area contributed by atoms with Crippen molar-refractivity contribution in [1.82, 2.24) is 20.2 Å². The minimum absolute atomic E-state index is 0.241. The van der Waals surface area contributed by atoms with Crippen molar-refractivity contribution < 1.29 is 14.3 Å². The normalized spacial score (nSPS) is 13.9. The number of nitrogens with one attached hydrogen (secondary N) is 1. The zero-order valence-electron chi connectivity index (χ0n) is 16.2. The number of aryl methyl sites for hydroxylation is 1. The van der Waals surface area contributed by atoms with Crippen LogP contribution in [-0.4, -0.2) is 59.7 Å². The fourth-order valence-corrected chi connectivity index (χ4v) is 2.96. The van der Waals surface area contributed by atoms with E-state index in [9.17, 15) is 9.59 Å². The third-order valence-electron chi connectivity index (χ3n) is 4.59. The maximum absolute atomic E-state index is 12.4. The molecule has 8 heteroatoms. The monoisotopic (exact) mass is 383 g/mol. The average molecular weight is 383 g/mol. The molecule has 28 heavy (non-hydrogen) atoms. The first-order chi connectivity index (χ1) is 13.6. The molecule has 2 aromatic rings.